The molecular weight excluding hydrogens is 443 g/mol. The summed E-state index contributed by atoms with van der Waals surface area (Å²) >= 11 is 0. The Bertz CT molecular complexity index is 1460. The van der Waals surface area contributed by atoms with Gasteiger partial charge in [0.25, 0.3) is 10.0 Å². The fourth-order valence-electron chi connectivity index (χ4n) is 3.89. The second kappa shape index (κ2) is 8.25. The van der Waals surface area contributed by atoms with Gasteiger partial charge in [-0.25, -0.2) is 17.8 Å². The molecule has 2 aromatic carbocycles. The van der Waals surface area contributed by atoms with Gasteiger partial charge >= 0.3 is 0 Å². The Morgan fingerprint density at radius 3 is 2.70 bits per heavy atom. The summed E-state index contributed by atoms with van der Waals surface area (Å²) in [5.74, 6) is -1.50. The van der Waals surface area contributed by atoms with Crippen molar-refractivity contribution in [2.24, 2.45) is 5.92 Å². The van der Waals surface area contributed by atoms with Crippen LogP contribution in [0.1, 0.15) is 17.9 Å². The molecule has 1 aliphatic carbocycles. The number of carbonyl (C=O) groups excluding carboxylic acids is 1. The molecule has 33 heavy (non-hydrogen) atoms. The monoisotopic (exact) mass is 462 g/mol. The van der Waals surface area contributed by atoms with E-state index in [1.807, 2.05) is 18.2 Å². The second-order valence-corrected chi connectivity index (χ2v) is 9.53. The molecule has 166 valence electrons. The van der Waals surface area contributed by atoms with Gasteiger partial charge in [0.1, 0.15) is 11.6 Å². The Hall–Kier alpha value is -3.85. The molecule has 1 unspecified atom stereocenters. The van der Waals surface area contributed by atoms with E-state index in [-0.39, 0.29) is 22.2 Å². The normalized spacial score (nSPS) is 17.5. The number of amides is 1. The molecule has 0 saturated heterocycles. The molecular formula is C24H19FN4O3S. The molecule has 4 aromatic rings. The fourth-order valence-corrected chi connectivity index (χ4v) is 5.17. The Labute approximate surface area is 189 Å². The van der Waals surface area contributed by atoms with Crippen LogP contribution in [0.25, 0.3) is 10.8 Å². The van der Waals surface area contributed by atoms with E-state index in [1.165, 1.54) is 24.4 Å². The summed E-state index contributed by atoms with van der Waals surface area (Å²) in [6, 6.07) is 15.7. The maximum atomic E-state index is 14.0. The van der Waals surface area contributed by atoms with Crippen LogP contribution in [0.4, 0.5) is 15.9 Å². The lowest BCUT2D eigenvalue weighted by molar-refractivity contribution is -0.117. The maximum absolute atomic E-state index is 14.0. The number of pyridine rings is 2. The van der Waals surface area contributed by atoms with E-state index in [2.05, 4.69) is 20.0 Å². The Kier molecular flexibility index (Phi) is 5.26. The van der Waals surface area contributed by atoms with Crippen LogP contribution in [0.3, 0.4) is 0 Å². The zero-order valence-corrected chi connectivity index (χ0v) is 18.1. The van der Waals surface area contributed by atoms with E-state index in [1.54, 1.807) is 30.6 Å². The predicted molar refractivity (Wildman–Crippen MR) is 123 cm³/mol. The molecule has 2 heterocycles. The molecule has 9 heteroatoms. The minimum absolute atomic E-state index is 0.0620. The third-order valence-electron chi connectivity index (χ3n) is 5.60. The number of aromatic nitrogens is 2. The standard InChI is InChI=1S/C24H19FN4O3S/c25-17-5-7-22(33(31,32)29-23-3-1-2-9-27-23)20(12-17)19-13-21(19)24(30)28-18-6-4-16-14-26-10-8-15(16)11-18/h1-12,14,19,21H,13H2,(H,27,29)(H,28,30)/t19?,21-/m1/s1. The Morgan fingerprint density at radius 2 is 1.88 bits per heavy atom. The first-order valence-corrected chi connectivity index (χ1v) is 11.8. The molecule has 5 rings (SSSR count). The summed E-state index contributed by atoms with van der Waals surface area (Å²) in [5.41, 5.74) is 0.913. The molecule has 2 aromatic heterocycles. The van der Waals surface area contributed by atoms with Crippen molar-refractivity contribution in [2.45, 2.75) is 17.2 Å². The third-order valence-corrected chi connectivity index (χ3v) is 7.03. The zero-order valence-electron chi connectivity index (χ0n) is 17.3. The molecule has 0 aliphatic heterocycles. The van der Waals surface area contributed by atoms with Gasteiger partial charge in [0.15, 0.2) is 0 Å². The lowest BCUT2D eigenvalue weighted by Gasteiger charge is -2.12. The Balaban J connectivity index is 1.37. The van der Waals surface area contributed by atoms with E-state index >= 15 is 0 Å². The number of nitrogens with zero attached hydrogens (tertiary/aromatic N) is 2. The van der Waals surface area contributed by atoms with Gasteiger partial charge in [0.05, 0.1) is 4.90 Å². The van der Waals surface area contributed by atoms with E-state index in [4.69, 9.17) is 0 Å². The van der Waals surface area contributed by atoms with Crippen LogP contribution in [0.5, 0.6) is 0 Å². The molecule has 1 fully saturated rings. The van der Waals surface area contributed by atoms with Gasteiger partial charge in [0.2, 0.25) is 5.91 Å². The van der Waals surface area contributed by atoms with Gasteiger partial charge in [0, 0.05) is 35.6 Å². The largest absolute Gasteiger partial charge is 0.326 e. The minimum atomic E-state index is -4.01. The summed E-state index contributed by atoms with van der Waals surface area (Å²) in [7, 11) is -4.01. The molecule has 2 N–H and O–H groups in total. The van der Waals surface area contributed by atoms with Crippen LogP contribution in [0.15, 0.2) is 84.1 Å². The summed E-state index contributed by atoms with van der Waals surface area (Å²) in [5, 5.41) is 4.77. The molecule has 0 radical (unpaired) electrons. The molecule has 1 saturated carbocycles. The van der Waals surface area contributed by atoms with Crippen LogP contribution >= 0.6 is 0 Å². The van der Waals surface area contributed by atoms with Crippen LogP contribution in [0.2, 0.25) is 0 Å². The molecule has 0 bridgehead atoms. The first-order chi connectivity index (χ1) is 15.9. The zero-order chi connectivity index (χ0) is 23.0. The summed E-state index contributed by atoms with van der Waals surface area (Å²) in [6.07, 6.45) is 5.31. The van der Waals surface area contributed by atoms with Gasteiger partial charge in [-0.15, -0.1) is 0 Å². The minimum Gasteiger partial charge on any atom is -0.326 e. The van der Waals surface area contributed by atoms with Crippen molar-refractivity contribution < 1.29 is 17.6 Å². The number of rotatable bonds is 6. The summed E-state index contributed by atoms with van der Waals surface area (Å²) < 4.78 is 42.4. The molecule has 0 spiro atoms. The van der Waals surface area contributed by atoms with Crippen molar-refractivity contribution in [3.05, 3.63) is 90.6 Å². The lowest BCUT2D eigenvalue weighted by atomic mass is 10.1. The lowest BCUT2D eigenvalue weighted by Crippen LogP contribution is -2.17. The summed E-state index contributed by atoms with van der Waals surface area (Å²) in [6.45, 7) is 0. The van der Waals surface area contributed by atoms with Crippen molar-refractivity contribution in [1.29, 1.82) is 0 Å². The number of anilines is 2. The highest BCUT2D eigenvalue weighted by Gasteiger charge is 2.46. The topological polar surface area (TPSA) is 101 Å². The third kappa shape index (κ3) is 4.40. The van der Waals surface area contributed by atoms with Crippen molar-refractivity contribution in [1.82, 2.24) is 9.97 Å². The van der Waals surface area contributed by atoms with E-state index in [0.717, 1.165) is 16.8 Å². The SMILES string of the molecule is O=C(Nc1ccc2cnccc2c1)[C@@H]1CC1c1cc(F)ccc1S(=O)(=O)Nc1ccccn1. The van der Waals surface area contributed by atoms with E-state index in [0.29, 0.717) is 12.1 Å². The highest BCUT2D eigenvalue weighted by molar-refractivity contribution is 7.92. The van der Waals surface area contributed by atoms with Crippen molar-refractivity contribution in [2.75, 3.05) is 10.0 Å². The van der Waals surface area contributed by atoms with Gasteiger partial charge in [-0.3, -0.25) is 14.5 Å². The molecule has 7 nitrogen and oxygen atoms in total. The van der Waals surface area contributed by atoms with Crippen LogP contribution in [-0.2, 0) is 14.8 Å². The first-order valence-electron chi connectivity index (χ1n) is 10.3. The fraction of sp³-hybridized carbons (Fsp3) is 0.125. The molecule has 1 aliphatic rings. The van der Waals surface area contributed by atoms with Gasteiger partial charge in [-0.1, -0.05) is 12.1 Å². The number of benzene rings is 2. The number of hydrogen-bond donors (Lipinski definition) is 2. The van der Waals surface area contributed by atoms with Crippen LogP contribution < -0.4 is 10.0 Å². The maximum Gasteiger partial charge on any atom is 0.263 e. The quantitative estimate of drug-likeness (QED) is 0.445. The Morgan fingerprint density at radius 1 is 1.00 bits per heavy atom. The van der Waals surface area contributed by atoms with E-state index < -0.39 is 27.7 Å². The molecule has 2 atom stereocenters. The molecule has 1 amide bonds. The van der Waals surface area contributed by atoms with Gasteiger partial charge in [-0.2, -0.15) is 0 Å². The van der Waals surface area contributed by atoms with Gasteiger partial charge in [-0.05, 0) is 71.8 Å². The number of sulfonamides is 1. The number of hydrogen-bond acceptors (Lipinski definition) is 5. The number of halogens is 1. The van der Waals surface area contributed by atoms with Crippen LogP contribution in [-0.4, -0.2) is 24.3 Å². The van der Waals surface area contributed by atoms with Crippen LogP contribution in [0, 0.1) is 11.7 Å². The summed E-state index contributed by atoms with van der Waals surface area (Å²) in [4.78, 5) is 20.8. The number of fused-ring (bicyclic) bond motifs is 1. The van der Waals surface area contributed by atoms with Gasteiger partial charge < -0.3 is 5.32 Å². The number of carbonyl (C=O) groups is 1. The van der Waals surface area contributed by atoms with E-state index in [9.17, 15) is 17.6 Å². The average Bonchev–Trinajstić information content (AvgIpc) is 3.60. The average molecular weight is 463 g/mol. The van der Waals surface area contributed by atoms with Crippen molar-refractivity contribution in [3.63, 3.8) is 0 Å². The predicted octanol–water partition coefficient (Wildman–Crippen LogP) is 4.31. The highest BCUT2D eigenvalue weighted by Crippen LogP contribution is 2.50. The van der Waals surface area contributed by atoms with Crippen molar-refractivity contribution >= 4 is 38.2 Å². The van der Waals surface area contributed by atoms with Crippen molar-refractivity contribution in [3.8, 4) is 0 Å². The highest BCUT2D eigenvalue weighted by atomic mass is 32.2. The second-order valence-electron chi connectivity index (χ2n) is 7.88. The number of nitrogens with one attached hydrogen (secondary N) is 2. The first kappa shape index (κ1) is 21.0. The smallest absolute Gasteiger partial charge is 0.263 e.